The standard InChI is InChI=1S/C24H18ClN3O6/c1-33-17-9-5-8-16(13-17)26-23(29)20-21(14-10-11-18(25)19(12-14)28(31)32)27(34-22(20)24(26)30)15-6-3-2-4-7-15/h2-13,20-22H,1H3/t20-,21-,22-/m0/s1. The van der Waals surface area contributed by atoms with Crippen molar-refractivity contribution in [3.05, 3.63) is 93.5 Å². The number of amides is 2. The molecular formula is C24H18ClN3O6. The minimum absolute atomic E-state index is 0.0256. The predicted molar refractivity (Wildman–Crippen MR) is 124 cm³/mol. The van der Waals surface area contributed by atoms with Gasteiger partial charge in [0, 0.05) is 12.1 Å². The maximum absolute atomic E-state index is 13.6. The summed E-state index contributed by atoms with van der Waals surface area (Å²) >= 11 is 6.02. The van der Waals surface area contributed by atoms with Crippen LogP contribution in [0.25, 0.3) is 0 Å². The monoisotopic (exact) mass is 479 g/mol. The Bertz CT molecular complexity index is 1300. The van der Waals surface area contributed by atoms with E-state index in [4.69, 9.17) is 21.2 Å². The Balaban J connectivity index is 1.61. The molecule has 0 saturated carbocycles. The number of anilines is 2. The van der Waals surface area contributed by atoms with Crippen LogP contribution in [0, 0.1) is 16.0 Å². The predicted octanol–water partition coefficient (Wildman–Crippen LogP) is 4.31. The quantitative estimate of drug-likeness (QED) is 0.305. The second kappa shape index (κ2) is 8.44. The normalized spacial score (nSPS) is 21.6. The number of carbonyl (C=O) groups excluding carboxylic acids is 2. The van der Waals surface area contributed by atoms with E-state index in [2.05, 4.69) is 0 Å². The Morgan fingerprint density at radius 3 is 2.41 bits per heavy atom. The van der Waals surface area contributed by atoms with Gasteiger partial charge in [-0.05, 0) is 35.9 Å². The lowest BCUT2D eigenvalue weighted by molar-refractivity contribution is -0.384. The van der Waals surface area contributed by atoms with Gasteiger partial charge in [0.25, 0.3) is 11.6 Å². The number of benzene rings is 3. The number of hydroxylamine groups is 1. The summed E-state index contributed by atoms with van der Waals surface area (Å²) in [5, 5.41) is 13.0. The topological polar surface area (TPSA) is 102 Å². The van der Waals surface area contributed by atoms with Crippen molar-refractivity contribution in [2.45, 2.75) is 12.1 Å². The molecule has 0 aromatic heterocycles. The molecule has 3 aromatic carbocycles. The Labute approximate surface area is 199 Å². The van der Waals surface area contributed by atoms with E-state index < -0.39 is 34.8 Å². The zero-order chi connectivity index (χ0) is 24.0. The van der Waals surface area contributed by atoms with Gasteiger partial charge in [0.2, 0.25) is 5.91 Å². The summed E-state index contributed by atoms with van der Waals surface area (Å²) in [6, 6.07) is 19.1. The fourth-order valence-corrected chi connectivity index (χ4v) is 4.60. The minimum Gasteiger partial charge on any atom is -0.497 e. The highest BCUT2D eigenvalue weighted by molar-refractivity contribution is 6.32. The van der Waals surface area contributed by atoms with Gasteiger partial charge in [-0.3, -0.25) is 24.5 Å². The van der Waals surface area contributed by atoms with Gasteiger partial charge in [0.05, 0.1) is 29.4 Å². The van der Waals surface area contributed by atoms with Crippen LogP contribution in [-0.4, -0.2) is 30.0 Å². The number of methoxy groups -OCH3 is 1. The van der Waals surface area contributed by atoms with Crippen molar-refractivity contribution in [1.29, 1.82) is 0 Å². The van der Waals surface area contributed by atoms with Gasteiger partial charge in [-0.15, -0.1) is 0 Å². The van der Waals surface area contributed by atoms with Gasteiger partial charge in [-0.1, -0.05) is 41.9 Å². The van der Waals surface area contributed by atoms with Crippen molar-refractivity contribution >= 4 is 40.5 Å². The average Bonchev–Trinajstić information content (AvgIpc) is 3.35. The van der Waals surface area contributed by atoms with Crippen molar-refractivity contribution in [2.75, 3.05) is 17.1 Å². The maximum Gasteiger partial charge on any atom is 0.288 e. The third kappa shape index (κ3) is 3.46. The third-order valence-electron chi connectivity index (χ3n) is 5.95. The molecule has 10 heteroatoms. The first-order chi connectivity index (χ1) is 16.4. The van der Waals surface area contributed by atoms with Gasteiger partial charge in [0.15, 0.2) is 6.10 Å². The number of halogens is 1. The molecule has 2 heterocycles. The first-order valence-electron chi connectivity index (χ1n) is 10.4. The maximum atomic E-state index is 13.6. The van der Waals surface area contributed by atoms with Crippen molar-refractivity contribution in [3.63, 3.8) is 0 Å². The molecule has 0 N–H and O–H groups in total. The van der Waals surface area contributed by atoms with E-state index >= 15 is 0 Å². The Morgan fingerprint density at radius 1 is 0.971 bits per heavy atom. The molecule has 9 nitrogen and oxygen atoms in total. The summed E-state index contributed by atoms with van der Waals surface area (Å²) in [4.78, 5) is 45.1. The molecule has 2 saturated heterocycles. The molecule has 5 rings (SSSR count). The number of fused-ring (bicyclic) bond motifs is 1. The van der Waals surface area contributed by atoms with Crippen LogP contribution >= 0.6 is 11.6 Å². The van der Waals surface area contributed by atoms with E-state index in [1.54, 1.807) is 54.6 Å². The van der Waals surface area contributed by atoms with Crippen molar-refractivity contribution in [1.82, 2.24) is 0 Å². The van der Waals surface area contributed by atoms with Crippen LogP contribution in [0.15, 0.2) is 72.8 Å². The highest BCUT2D eigenvalue weighted by atomic mass is 35.5. The van der Waals surface area contributed by atoms with Gasteiger partial charge < -0.3 is 4.74 Å². The highest BCUT2D eigenvalue weighted by Gasteiger charge is 2.60. The summed E-state index contributed by atoms with van der Waals surface area (Å²) < 4.78 is 5.23. The molecular weight excluding hydrogens is 462 g/mol. The number of hydrogen-bond acceptors (Lipinski definition) is 7. The van der Waals surface area contributed by atoms with Crippen LogP contribution in [0.4, 0.5) is 17.1 Å². The number of nitrogens with zero attached hydrogens (tertiary/aromatic N) is 3. The molecule has 3 atom stereocenters. The lowest BCUT2D eigenvalue weighted by atomic mass is 9.90. The summed E-state index contributed by atoms with van der Waals surface area (Å²) in [6.07, 6.45) is -1.10. The molecule has 2 aliphatic rings. The van der Waals surface area contributed by atoms with Gasteiger partial charge in [-0.25, -0.2) is 9.96 Å². The molecule has 2 amide bonds. The average molecular weight is 480 g/mol. The summed E-state index contributed by atoms with van der Waals surface area (Å²) in [6.45, 7) is 0. The lowest BCUT2D eigenvalue weighted by Gasteiger charge is -2.28. The second-order valence-corrected chi connectivity index (χ2v) is 8.25. The van der Waals surface area contributed by atoms with E-state index in [0.717, 1.165) is 4.90 Å². The van der Waals surface area contributed by atoms with Gasteiger partial charge in [-0.2, -0.15) is 0 Å². The van der Waals surface area contributed by atoms with Gasteiger partial charge in [0.1, 0.15) is 16.7 Å². The van der Waals surface area contributed by atoms with Crippen LogP contribution in [0.5, 0.6) is 5.75 Å². The summed E-state index contributed by atoms with van der Waals surface area (Å²) in [7, 11) is 1.49. The van der Waals surface area contributed by atoms with E-state index in [1.807, 2.05) is 6.07 Å². The molecule has 0 aliphatic carbocycles. The number of hydrogen-bond donors (Lipinski definition) is 0. The molecule has 0 radical (unpaired) electrons. The molecule has 2 fully saturated rings. The Morgan fingerprint density at radius 2 is 1.71 bits per heavy atom. The SMILES string of the molecule is COc1cccc(N2C(=O)[C@@H]3[C@H](ON(c4ccccc4)[C@H]3c3ccc(Cl)c([N+](=O)[O-])c3)C2=O)c1. The minimum atomic E-state index is -1.10. The smallest absolute Gasteiger partial charge is 0.288 e. The van der Waals surface area contributed by atoms with Crippen LogP contribution in [0.3, 0.4) is 0 Å². The fraction of sp³-hybridized carbons (Fsp3) is 0.167. The Kier molecular flexibility index (Phi) is 5.43. The van der Waals surface area contributed by atoms with Crippen molar-refractivity contribution < 1.29 is 24.1 Å². The van der Waals surface area contributed by atoms with Crippen LogP contribution in [0.2, 0.25) is 5.02 Å². The summed E-state index contributed by atoms with van der Waals surface area (Å²) in [5.41, 5.74) is 1.10. The largest absolute Gasteiger partial charge is 0.497 e. The van der Waals surface area contributed by atoms with Crippen LogP contribution in [-0.2, 0) is 14.4 Å². The van der Waals surface area contributed by atoms with Crippen LogP contribution < -0.4 is 14.7 Å². The molecule has 3 aromatic rings. The number of rotatable bonds is 5. The number of carbonyl (C=O) groups is 2. The number of imide groups is 1. The zero-order valence-corrected chi connectivity index (χ0v) is 18.6. The number of nitro benzene ring substituents is 1. The van der Waals surface area contributed by atoms with Gasteiger partial charge >= 0.3 is 0 Å². The molecule has 0 bridgehead atoms. The second-order valence-electron chi connectivity index (χ2n) is 7.84. The van der Waals surface area contributed by atoms with E-state index in [1.165, 1.54) is 24.3 Å². The zero-order valence-electron chi connectivity index (χ0n) is 17.8. The molecule has 172 valence electrons. The van der Waals surface area contributed by atoms with E-state index in [9.17, 15) is 19.7 Å². The van der Waals surface area contributed by atoms with Crippen LogP contribution in [0.1, 0.15) is 11.6 Å². The molecule has 0 spiro atoms. The van der Waals surface area contributed by atoms with Crippen molar-refractivity contribution in [3.8, 4) is 5.75 Å². The number of ether oxygens (including phenoxy) is 1. The van der Waals surface area contributed by atoms with E-state index in [-0.39, 0.29) is 10.7 Å². The van der Waals surface area contributed by atoms with E-state index in [0.29, 0.717) is 22.7 Å². The third-order valence-corrected chi connectivity index (χ3v) is 6.27. The van der Waals surface area contributed by atoms with Crippen molar-refractivity contribution in [2.24, 2.45) is 5.92 Å². The number of para-hydroxylation sites is 1. The molecule has 34 heavy (non-hydrogen) atoms. The molecule has 0 unspecified atom stereocenters. The first-order valence-corrected chi connectivity index (χ1v) is 10.8. The molecule has 2 aliphatic heterocycles. The highest BCUT2D eigenvalue weighted by Crippen LogP contribution is 2.48. The number of nitro groups is 1. The fourth-order valence-electron chi connectivity index (χ4n) is 4.41. The Hall–Kier alpha value is -3.95. The first kappa shape index (κ1) is 21.9. The lowest BCUT2D eigenvalue weighted by Crippen LogP contribution is -2.37. The summed E-state index contributed by atoms with van der Waals surface area (Å²) in [5.74, 6) is -1.43.